The molecule has 7 nitrogen and oxygen atoms in total. The summed E-state index contributed by atoms with van der Waals surface area (Å²) in [5.41, 5.74) is 0. The lowest BCUT2D eigenvalue weighted by Crippen LogP contribution is -2.40. The van der Waals surface area contributed by atoms with Crippen LogP contribution in [0.5, 0.6) is 17.2 Å². The predicted octanol–water partition coefficient (Wildman–Crippen LogP) is 1.15. The maximum atomic E-state index is 11.8. The molecule has 0 aromatic heterocycles. The molecule has 1 aromatic carbocycles. The summed E-state index contributed by atoms with van der Waals surface area (Å²) in [6.07, 6.45) is 0.0493. The summed E-state index contributed by atoms with van der Waals surface area (Å²) in [7, 11) is 3.03. The number of benzene rings is 1. The molecule has 2 atom stereocenters. The van der Waals surface area contributed by atoms with Crippen molar-refractivity contribution in [3.63, 3.8) is 0 Å². The molecule has 0 saturated carbocycles. The predicted molar refractivity (Wildman–Crippen MR) is 89.7 cm³/mol. The van der Waals surface area contributed by atoms with Gasteiger partial charge >= 0.3 is 0 Å². The minimum Gasteiger partial charge on any atom is -0.493 e. The number of para-hydroxylation sites is 1. The Morgan fingerprint density at radius 2 is 1.96 bits per heavy atom. The molecule has 0 aliphatic heterocycles. The molecule has 134 valence electrons. The van der Waals surface area contributed by atoms with Gasteiger partial charge in [0.2, 0.25) is 11.7 Å². The average molecular weight is 339 g/mol. The van der Waals surface area contributed by atoms with Crippen LogP contribution in [0.25, 0.3) is 0 Å². The Morgan fingerprint density at radius 1 is 1.33 bits per heavy atom. The number of nitrogens with one attached hydrogen (secondary N) is 1. The van der Waals surface area contributed by atoms with Gasteiger partial charge in [0, 0.05) is 6.54 Å². The first-order valence-corrected chi connectivity index (χ1v) is 7.55. The number of rotatable bonds is 11. The second kappa shape index (κ2) is 10.5. The van der Waals surface area contributed by atoms with Crippen molar-refractivity contribution in [2.45, 2.75) is 19.1 Å². The molecule has 0 aliphatic carbocycles. The third-order valence-electron chi connectivity index (χ3n) is 3.15. The van der Waals surface area contributed by atoms with Gasteiger partial charge in [-0.15, -0.1) is 6.58 Å². The number of amides is 1. The van der Waals surface area contributed by atoms with E-state index in [1.807, 2.05) is 0 Å². The molecular formula is C17H25NO6. The minimum absolute atomic E-state index is 0.0289. The van der Waals surface area contributed by atoms with Crippen molar-refractivity contribution >= 4 is 5.91 Å². The van der Waals surface area contributed by atoms with Crippen LogP contribution < -0.4 is 19.5 Å². The van der Waals surface area contributed by atoms with E-state index in [1.54, 1.807) is 31.2 Å². The van der Waals surface area contributed by atoms with Gasteiger partial charge in [0.15, 0.2) is 11.5 Å². The summed E-state index contributed by atoms with van der Waals surface area (Å²) < 4.78 is 21.2. The summed E-state index contributed by atoms with van der Waals surface area (Å²) in [6.45, 7) is 5.44. The molecule has 0 fully saturated rings. The summed E-state index contributed by atoms with van der Waals surface area (Å²) in [5.74, 6) is 1.08. The maximum absolute atomic E-state index is 11.8. The van der Waals surface area contributed by atoms with Crippen LogP contribution in [0.3, 0.4) is 0 Å². The molecule has 1 amide bonds. The van der Waals surface area contributed by atoms with E-state index in [1.165, 1.54) is 14.2 Å². The van der Waals surface area contributed by atoms with Crippen LogP contribution in [0.4, 0.5) is 0 Å². The van der Waals surface area contributed by atoms with E-state index in [-0.39, 0.29) is 25.7 Å². The highest BCUT2D eigenvalue weighted by molar-refractivity contribution is 5.80. The Labute approximate surface area is 142 Å². The van der Waals surface area contributed by atoms with Gasteiger partial charge in [-0.3, -0.25) is 4.79 Å². The van der Waals surface area contributed by atoms with Crippen LogP contribution in [-0.2, 0) is 9.53 Å². The first kappa shape index (κ1) is 19.8. The molecule has 1 rings (SSSR count). The van der Waals surface area contributed by atoms with E-state index in [9.17, 15) is 9.90 Å². The summed E-state index contributed by atoms with van der Waals surface area (Å²) in [4.78, 5) is 11.8. The number of aliphatic hydroxyl groups excluding tert-OH is 1. The van der Waals surface area contributed by atoms with Crippen LogP contribution in [0.15, 0.2) is 30.9 Å². The third-order valence-corrected chi connectivity index (χ3v) is 3.15. The zero-order chi connectivity index (χ0) is 17.9. The van der Waals surface area contributed by atoms with Gasteiger partial charge in [-0.1, -0.05) is 12.1 Å². The van der Waals surface area contributed by atoms with Gasteiger partial charge in [-0.2, -0.15) is 0 Å². The number of hydrogen-bond donors (Lipinski definition) is 2. The van der Waals surface area contributed by atoms with Crippen molar-refractivity contribution in [1.29, 1.82) is 0 Å². The Hall–Kier alpha value is -2.25. The fourth-order valence-corrected chi connectivity index (χ4v) is 1.85. The smallest absolute Gasteiger partial charge is 0.248 e. The summed E-state index contributed by atoms with van der Waals surface area (Å²) in [6, 6.07) is 5.22. The van der Waals surface area contributed by atoms with Crippen LogP contribution in [0, 0.1) is 0 Å². The zero-order valence-electron chi connectivity index (χ0n) is 14.3. The van der Waals surface area contributed by atoms with E-state index >= 15 is 0 Å². The normalized spacial score (nSPS) is 12.8. The van der Waals surface area contributed by atoms with E-state index in [2.05, 4.69) is 11.9 Å². The summed E-state index contributed by atoms with van der Waals surface area (Å²) >= 11 is 0. The van der Waals surface area contributed by atoms with Gasteiger partial charge < -0.3 is 29.4 Å². The highest BCUT2D eigenvalue weighted by Gasteiger charge is 2.16. The van der Waals surface area contributed by atoms with Crippen LogP contribution in [0.2, 0.25) is 0 Å². The first-order chi connectivity index (χ1) is 11.5. The molecule has 0 bridgehead atoms. The molecule has 0 aliphatic rings. The van der Waals surface area contributed by atoms with Gasteiger partial charge in [0.1, 0.15) is 18.8 Å². The number of carbonyl (C=O) groups excluding carboxylic acids is 1. The fraction of sp³-hybridized carbons (Fsp3) is 0.471. The maximum Gasteiger partial charge on any atom is 0.248 e. The van der Waals surface area contributed by atoms with Crippen molar-refractivity contribution < 1.29 is 28.8 Å². The number of methoxy groups -OCH3 is 2. The van der Waals surface area contributed by atoms with Gasteiger partial charge in [-0.05, 0) is 19.1 Å². The highest BCUT2D eigenvalue weighted by atomic mass is 16.5. The second-order valence-electron chi connectivity index (χ2n) is 4.97. The Kier molecular flexibility index (Phi) is 8.67. The third kappa shape index (κ3) is 6.10. The lowest BCUT2D eigenvalue weighted by molar-refractivity contribution is -0.131. The lowest BCUT2D eigenvalue weighted by atomic mass is 10.3. The largest absolute Gasteiger partial charge is 0.493 e. The van der Waals surface area contributed by atoms with Crippen molar-refractivity contribution in [1.82, 2.24) is 5.32 Å². The minimum atomic E-state index is -0.893. The zero-order valence-corrected chi connectivity index (χ0v) is 14.3. The monoisotopic (exact) mass is 339 g/mol. The Morgan fingerprint density at radius 3 is 2.50 bits per heavy atom. The molecular weight excluding hydrogens is 314 g/mol. The quantitative estimate of drug-likeness (QED) is 0.588. The molecule has 0 saturated heterocycles. The Balaban J connectivity index is 2.48. The van der Waals surface area contributed by atoms with Crippen LogP contribution in [0.1, 0.15) is 6.92 Å². The van der Waals surface area contributed by atoms with Crippen LogP contribution >= 0.6 is 0 Å². The Bertz CT molecular complexity index is 512. The van der Waals surface area contributed by atoms with Crippen LogP contribution in [-0.4, -0.2) is 57.2 Å². The molecule has 2 unspecified atom stereocenters. The highest BCUT2D eigenvalue weighted by Crippen LogP contribution is 2.36. The number of ether oxygens (including phenoxy) is 4. The number of hydrogen-bond acceptors (Lipinski definition) is 6. The van der Waals surface area contributed by atoms with E-state index in [0.29, 0.717) is 17.2 Å². The molecule has 0 heterocycles. The van der Waals surface area contributed by atoms with Crippen molar-refractivity contribution in [2.24, 2.45) is 0 Å². The summed E-state index contributed by atoms with van der Waals surface area (Å²) in [5, 5.41) is 12.6. The van der Waals surface area contributed by atoms with E-state index in [4.69, 9.17) is 18.9 Å². The average Bonchev–Trinajstić information content (AvgIpc) is 2.61. The van der Waals surface area contributed by atoms with Gasteiger partial charge in [0.25, 0.3) is 0 Å². The van der Waals surface area contributed by atoms with Crippen molar-refractivity contribution in [2.75, 3.05) is 34.0 Å². The first-order valence-electron chi connectivity index (χ1n) is 7.55. The molecule has 0 radical (unpaired) electrons. The molecule has 7 heteroatoms. The lowest BCUT2D eigenvalue weighted by Gasteiger charge is -2.18. The fourth-order valence-electron chi connectivity index (χ4n) is 1.85. The topological polar surface area (TPSA) is 86.3 Å². The molecule has 2 N–H and O–H groups in total. The van der Waals surface area contributed by atoms with Crippen molar-refractivity contribution in [3.05, 3.63) is 30.9 Å². The number of carbonyl (C=O) groups is 1. The molecule has 0 spiro atoms. The van der Waals surface area contributed by atoms with Crippen molar-refractivity contribution in [3.8, 4) is 17.2 Å². The standard InChI is InChI=1S/C17H25NO6/c1-5-9-23-12(2)17(20)18-10-13(19)11-24-16-14(21-3)7-6-8-15(16)22-4/h5-8,12-13,19H,1,9-11H2,2-4H3,(H,18,20). The van der Waals surface area contributed by atoms with E-state index < -0.39 is 12.2 Å². The molecule has 24 heavy (non-hydrogen) atoms. The molecule has 1 aromatic rings. The SMILES string of the molecule is C=CCOC(C)C(=O)NCC(O)COc1c(OC)cccc1OC. The van der Waals surface area contributed by atoms with Gasteiger partial charge in [0.05, 0.1) is 20.8 Å². The van der Waals surface area contributed by atoms with Gasteiger partial charge in [-0.25, -0.2) is 0 Å². The van der Waals surface area contributed by atoms with E-state index in [0.717, 1.165) is 0 Å². The second-order valence-corrected chi connectivity index (χ2v) is 4.97. The number of aliphatic hydroxyl groups is 1.